The second kappa shape index (κ2) is 5.99. The molecule has 0 spiro atoms. The molecule has 0 amide bonds. The molecule has 0 saturated heterocycles. The fraction of sp³-hybridized carbons (Fsp3) is 0.529. The molecule has 0 aliphatic heterocycles. The lowest BCUT2D eigenvalue weighted by molar-refractivity contribution is -0.147. The van der Waals surface area contributed by atoms with Crippen molar-refractivity contribution in [2.45, 2.75) is 40.8 Å². The van der Waals surface area contributed by atoms with Crippen molar-refractivity contribution >= 4 is 5.97 Å². The Balaban J connectivity index is 2.08. The highest BCUT2D eigenvalue weighted by molar-refractivity contribution is 5.78. The number of rotatable bonds is 5. The van der Waals surface area contributed by atoms with Gasteiger partial charge in [-0.15, -0.1) is 6.42 Å². The lowest BCUT2D eigenvalue weighted by Crippen LogP contribution is -2.20. The Hall–Kier alpha value is -2.42. The molecule has 0 bridgehead atoms. The van der Waals surface area contributed by atoms with Gasteiger partial charge in [0, 0.05) is 0 Å². The van der Waals surface area contributed by atoms with Crippen molar-refractivity contribution in [2.75, 3.05) is 0 Å². The summed E-state index contributed by atoms with van der Waals surface area (Å²) in [5.74, 6) is 1.60. The number of aromatic hydroxyl groups is 1. The van der Waals surface area contributed by atoms with Crippen LogP contribution in [0, 0.1) is 29.6 Å². The molecule has 0 radical (unpaired) electrons. The maximum Gasteiger partial charge on any atom is 0.329 e. The Labute approximate surface area is 135 Å². The van der Waals surface area contributed by atoms with Gasteiger partial charge in [0.1, 0.15) is 12.3 Å². The van der Waals surface area contributed by atoms with Crippen molar-refractivity contribution in [3.8, 4) is 18.2 Å². The van der Waals surface area contributed by atoms with Crippen LogP contribution in [0.25, 0.3) is 0 Å². The number of H-pyrrole nitrogens is 1. The number of hydrogen-bond acceptors (Lipinski definition) is 4. The van der Waals surface area contributed by atoms with Gasteiger partial charge in [0.2, 0.25) is 5.88 Å². The second-order valence-electron chi connectivity index (χ2n) is 6.69. The van der Waals surface area contributed by atoms with Gasteiger partial charge in [-0.1, -0.05) is 31.4 Å². The molecule has 2 atom stereocenters. The average Bonchev–Trinajstić information content (AvgIpc) is 2.84. The smallest absolute Gasteiger partial charge is 0.329 e. The molecule has 1 aromatic heterocycles. The first-order chi connectivity index (χ1) is 10.7. The van der Waals surface area contributed by atoms with Gasteiger partial charge in [0.15, 0.2) is 0 Å². The van der Waals surface area contributed by atoms with E-state index >= 15 is 0 Å². The number of nitrogens with one attached hydrogen (secondary N) is 1. The number of esters is 1. The number of aromatic amines is 1. The highest BCUT2D eigenvalue weighted by Gasteiger charge is 2.61. The zero-order valence-electron chi connectivity index (χ0n) is 13.8. The Morgan fingerprint density at radius 3 is 2.74 bits per heavy atom. The largest absolute Gasteiger partial charge is 0.493 e. The van der Waals surface area contributed by atoms with Crippen molar-refractivity contribution < 1.29 is 14.6 Å². The molecule has 0 unspecified atom stereocenters. The highest BCUT2D eigenvalue weighted by atomic mass is 16.5. The molecule has 1 aliphatic carbocycles. The van der Waals surface area contributed by atoms with Crippen LogP contribution < -0.4 is 5.69 Å². The fourth-order valence-electron chi connectivity index (χ4n) is 2.92. The van der Waals surface area contributed by atoms with E-state index in [1.54, 1.807) is 0 Å². The van der Waals surface area contributed by atoms with E-state index in [9.17, 15) is 14.7 Å². The van der Waals surface area contributed by atoms with Gasteiger partial charge in [-0.2, -0.15) is 0 Å². The van der Waals surface area contributed by atoms with Crippen LogP contribution in [0.15, 0.2) is 16.4 Å². The Kier molecular flexibility index (Phi) is 4.42. The van der Waals surface area contributed by atoms with Crippen molar-refractivity contribution in [2.24, 2.45) is 17.3 Å². The normalized spacial score (nSPS) is 21.3. The van der Waals surface area contributed by atoms with Crippen LogP contribution in [-0.2, 0) is 22.7 Å². The molecule has 1 heterocycles. The SMILES string of the molecule is C#CCn1c(COC(=O)[C@H]2[C@@H](C=C(C)C)C2(C)C)c(O)[nH]c1=O. The predicted molar refractivity (Wildman–Crippen MR) is 85.5 cm³/mol. The third kappa shape index (κ3) is 3.19. The Morgan fingerprint density at radius 1 is 1.52 bits per heavy atom. The lowest BCUT2D eigenvalue weighted by Gasteiger charge is -2.07. The van der Waals surface area contributed by atoms with Gasteiger partial charge in [-0.25, -0.2) is 4.79 Å². The molecule has 6 heteroatoms. The Bertz CT molecular complexity index is 742. The highest BCUT2D eigenvalue weighted by Crippen LogP contribution is 2.59. The zero-order valence-corrected chi connectivity index (χ0v) is 13.8. The molecule has 1 aliphatic rings. The summed E-state index contributed by atoms with van der Waals surface area (Å²) in [4.78, 5) is 26.2. The molecule has 2 N–H and O–H groups in total. The summed E-state index contributed by atoms with van der Waals surface area (Å²) >= 11 is 0. The monoisotopic (exact) mass is 318 g/mol. The van der Waals surface area contributed by atoms with Crippen molar-refractivity contribution in [1.29, 1.82) is 0 Å². The van der Waals surface area contributed by atoms with Crippen molar-refractivity contribution in [3.63, 3.8) is 0 Å². The average molecular weight is 318 g/mol. The van der Waals surface area contributed by atoms with Gasteiger partial charge in [-0.3, -0.25) is 14.3 Å². The molecular weight excluding hydrogens is 296 g/mol. The Morgan fingerprint density at radius 2 is 2.17 bits per heavy atom. The molecule has 2 rings (SSSR count). The number of ether oxygens (including phenoxy) is 1. The zero-order chi connectivity index (χ0) is 17.4. The molecule has 0 aromatic carbocycles. The van der Waals surface area contributed by atoms with Crippen LogP contribution in [0.4, 0.5) is 0 Å². The van der Waals surface area contributed by atoms with Crippen LogP contribution in [-0.4, -0.2) is 20.6 Å². The molecule has 1 aromatic rings. The van der Waals surface area contributed by atoms with E-state index in [1.807, 2.05) is 27.7 Å². The van der Waals surface area contributed by atoms with Gasteiger partial charge in [-0.05, 0) is 25.2 Å². The van der Waals surface area contributed by atoms with Gasteiger partial charge in [0.25, 0.3) is 0 Å². The maximum atomic E-state index is 12.3. The van der Waals surface area contributed by atoms with E-state index < -0.39 is 5.69 Å². The number of aromatic nitrogens is 2. The summed E-state index contributed by atoms with van der Waals surface area (Å²) in [6, 6.07) is 0. The lowest BCUT2D eigenvalue weighted by atomic mass is 10.1. The van der Waals surface area contributed by atoms with E-state index in [1.165, 1.54) is 4.57 Å². The standard InChI is InChI=1S/C17H22N2O4/c1-6-7-19-12(14(20)18-16(19)22)9-23-15(21)13-11(8-10(2)3)17(13,4)5/h1,8,11,13,20H,7,9H2,2-5H3,(H,18,22)/t11-,13-/m1/s1. The molecular formula is C17H22N2O4. The van der Waals surface area contributed by atoms with E-state index in [0.29, 0.717) is 0 Å². The first kappa shape index (κ1) is 16.9. The van der Waals surface area contributed by atoms with Gasteiger partial charge < -0.3 is 9.84 Å². The first-order valence-electron chi connectivity index (χ1n) is 7.46. The topological polar surface area (TPSA) is 84.3 Å². The summed E-state index contributed by atoms with van der Waals surface area (Å²) in [6.45, 7) is 7.83. The molecule has 1 saturated carbocycles. The summed E-state index contributed by atoms with van der Waals surface area (Å²) < 4.78 is 6.48. The number of carbonyl (C=O) groups excluding carboxylic acids is 1. The van der Waals surface area contributed by atoms with Crippen LogP contribution in [0.3, 0.4) is 0 Å². The van der Waals surface area contributed by atoms with E-state index in [2.05, 4.69) is 17.0 Å². The summed E-state index contributed by atoms with van der Waals surface area (Å²) in [7, 11) is 0. The first-order valence-corrected chi connectivity index (χ1v) is 7.46. The minimum Gasteiger partial charge on any atom is -0.493 e. The van der Waals surface area contributed by atoms with Crippen molar-refractivity contribution in [3.05, 3.63) is 27.8 Å². The van der Waals surface area contributed by atoms with E-state index in [-0.39, 0.29) is 47.9 Å². The van der Waals surface area contributed by atoms with Gasteiger partial charge >= 0.3 is 11.7 Å². The summed E-state index contributed by atoms with van der Waals surface area (Å²) in [5.41, 5.74) is 0.663. The van der Waals surface area contributed by atoms with Crippen LogP contribution in [0.2, 0.25) is 0 Å². The molecule has 23 heavy (non-hydrogen) atoms. The molecule has 1 fully saturated rings. The predicted octanol–water partition coefficient (Wildman–Crippen LogP) is 1.80. The van der Waals surface area contributed by atoms with Crippen LogP contribution in [0.5, 0.6) is 5.88 Å². The minimum absolute atomic E-state index is 0.00189. The summed E-state index contributed by atoms with van der Waals surface area (Å²) in [6.07, 6.45) is 7.28. The number of carbonyl (C=O) groups is 1. The number of terminal acetylenes is 1. The van der Waals surface area contributed by atoms with E-state index in [4.69, 9.17) is 11.2 Å². The van der Waals surface area contributed by atoms with Crippen molar-refractivity contribution in [1.82, 2.24) is 9.55 Å². The number of allylic oxidation sites excluding steroid dienone is 2. The van der Waals surface area contributed by atoms with Crippen LogP contribution >= 0.6 is 0 Å². The number of imidazole rings is 1. The minimum atomic E-state index is -0.527. The molecule has 124 valence electrons. The molecule has 6 nitrogen and oxygen atoms in total. The third-order valence-corrected chi connectivity index (χ3v) is 4.35. The number of nitrogens with zero attached hydrogens (tertiary/aromatic N) is 1. The van der Waals surface area contributed by atoms with E-state index in [0.717, 1.165) is 5.57 Å². The number of hydrogen-bond donors (Lipinski definition) is 2. The maximum absolute atomic E-state index is 12.3. The van der Waals surface area contributed by atoms with Gasteiger partial charge in [0.05, 0.1) is 12.5 Å². The van der Waals surface area contributed by atoms with Crippen LogP contribution in [0.1, 0.15) is 33.4 Å². The quantitative estimate of drug-likeness (QED) is 0.492. The second-order valence-corrected chi connectivity index (χ2v) is 6.69. The third-order valence-electron chi connectivity index (χ3n) is 4.35. The fourth-order valence-corrected chi connectivity index (χ4v) is 2.92. The summed E-state index contributed by atoms with van der Waals surface area (Å²) in [5, 5.41) is 9.73.